The van der Waals surface area contributed by atoms with Crippen molar-refractivity contribution in [3.8, 4) is 0 Å². The van der Waals surface area contributed by atoms with Gasteiger partial charge in [0, 0.05) is 17.2 Å². The van der Waals surface area contributed by atoms with Crippen molar-refractivity contribution in [2.24, 2.45) is 0 Å². The van der Waals surface area contributed by atoms with Crippen LogP contribution in [0.2, 0.25) is 0 Å². The number of esters is 1. The maximum Gasteiger partial charge on any atom is 0.324 e. The van der Waals surface area contributed by atoms with E-state index in [-0.39, 0.29) is 12.6 Å². The third-order valence-electron chi connectivity index (χ3n) is 6.51. The monoisotopic (exact) mass is 505 g/mol. The van der Waals surface area contributed by atoms with Crippen molar-refractivity contribution in [1.82, 2.24) is 4.67 Å². The van der Waals surface area contributed by atoms with E-state index >= 15 is 4.57 Å². The quantitative estimate of drug-likeness (QED) is 0.130. The van der Waals surface area contributed by atoms with E-state index < -0.39 is 13.3 Å². The maximum atomic E-state index is 15.3. The first-order valence-electron chi connectivity index (χ1n) is 13.3. The molecule has 0 fully saturated rings. The average molecular weight is 506 g/mol. The molecule has 0 bridgehead atoms. The van der Waals surface area contributed by atoms with Gasteiger partial charge in [-0.05, 0) is 49.6 Å². The molecule has 0 amide bonds. The van der Waals surface area contributed by atoms with Crippen LogP contribution in [-0.2, 0) is 20.5 Å². The zero-order chi connectivity index (χ0) is 25.6. The minimum atomic E-state index is -3.33. The molecule has 0 aromatic heterocycles. The van der Waals surface area contributed by atoms with Crippen molar-refractivity contribution in [2.75, 3.05) is 13.2 Å². The van der Waals surface area contributed by atoms with E-state index in [9.17, 15) is 4.79 Å². The highest BCUT2D eigenvalue weighted by Gasteiger charge is 2.42. The highest BCUT2D eigenvalue weighted by molar-refractivity contribution is 7.76. The molecule has 0 saturated heterocycles. The SMILES string of the molecule is CCCCCCCCN([C@@H](Cc1ccccc1)C(=O)OCC)P(=O)(c1ccccc1)c1ccccc1. The fourth-order valence-corrected chi connectivity index (χ4v) is 7.67. The lowest BCUT2D eigenvalue weighted by Gasteiger charge is -2.37. The third kappa shape index (κ3) is 7.41. The highest BCUT2D eigenvalue weighted by Crippen LogP contribution is 2.49. The Hall–Kier alpha value is -2.68. The smallest absolute Gasteiger partial charge is 0.324 e. The van der Waals surface area contributed by atoms with Crippen LogP contribution in [0, 0.1) is 0 Å². The largest absolute Gasteiger partial charge is 0.465 e. The Morgan fingerprint density at radius 3 is 1.78 bits per heavy atom. The van der Waals surface area contributed by atoms with E-state index in [1.165, 1.54) is 19.3 Å². The molecule has 0 N–H and O–H groups in total. The molecule has 0 aliphatic heterocycles. The summed E-state index contributed by atoms with van der Waals surface area (Å²) in [6.45, 7) is 4.88. The van der Waals surface area contributed by atoms with Gasteiger partial charge in [0.25, 0.3) is 0 Å². The zero-order valence-corrected chi connectivity index (χ0v) is 22.6. The molecular weight excluding hydrogens is 465 g/mol. The number of benzene rings is 3. The molecule has 4 nitrogen and oxygen atoms in total. The predicted molar refractivity (Wildman–Crippen MR) is 150 cm³/mol. The normalized spacial score (nSPS) is 12.4. The molecule has 3 aromatic rings. The summed E-state index contributed by atoms with van der Waals surface area (Å²) in [7, 11) is -3.33. The summed E-state index contributed by atoms with van der Waals surface area (Å²) in [5.74, 6) is -0.320. The second-order valence-corrected chi connectivity index (χ2v) is 11.8. The fourth-order valence-electron chi connectivity index (χ4n) is 4.64. The first-order valence-corrected chi connectivity index (χ1v) is 15.0. The van der Waals surface area contributed by atoms with Crippen LogP contribution in [0.1, 0.15) is 57.9 Å². The van der Waals surface area contributed by atoms with Gasteiger partial charge in [-0.25, -0.2) is 4.67 Å². The van der Waals surface area contributed by atoms with Gasteiger partial charge in [-0.3, -0.25) is 9.36 Å². The summed E-state index contributed by atoms with van der Waals surface area (Å²) in [5.41, 5.74) is 1.02. The van der Waals surface area contributed by atoms with Crippen LogP contribution in [0.25, 0.3) is 0 Å². The van der Waals surface area contributed by atoms with Gasteiger partial charge in [0.05, 0.1) is 6.61 Å². The molecule has 0 saturated carbocycles. The predicted octanol–water partition coefficient (Wildman–Crippen LogP) is 6.75. The fraction of sp³-hybridized carbons (Fsp3) is 0.387. The van der Waals surface area contributed by atoms with Crippen molar-refractivity contribution < 1.29 is 14.1 Å². The second kappa shape index (κ2) is 14.8. The first-order chi connectivity index (χ1) is 17.6. The van der Waals surface area contributed by atoms with Gasteiger partial charge in [0.2, 0.25) is 7.29 Å². The summed E-state index contributed by atoms with van der Waals surface area (Å²) in [6, 6.07) is 28.5. The maximum absolute atomic E-state index is 15.3. The van der Waals surface area contributed by atoms with Gasteiger partial charge in [-0.2, -0.15) is 0 Å². The molecule has 0 spiro atoms. The van der Waals surface area contributed by atoms with Crippen molar-refractivity contribution in [2.45, 2.75) is 64.8 Å². The van der Waals surface area contributed by atoms with Crippen LogP contribution in [0.4, 0.5) is 0 Å². The lowest BCUT2D eigenvalue weighted by atomic mass is 10.1. The molecule has 5 heteroatoms. The van der Waals surface area contributed by atoms with Crippen LogP contribution in [0.15, 0.2) is 91.0 Å². The Bertz CT molecular complexity index is 1030. The van der Waals surface area contributed by atoms with E-state index in [2.05, 4.69) is 6.92 Å². The van der Waals surface area contributed by atoms with Crippen molar-refractivity contribution in [3.63, 3.8) is 0 Å². The van der Waals surface area contributed by atoms with Crippen LogP contribution in [0.5, 0.6) is 0 Å². The van der Waals surface area contributed by atoms with Gasteiger partial charge >= 0.3 is 5.97 Å². The van der Waals surface area contributed by atoms with Crippen LogP contribution < -0.4 is 10.6 Å². The van der Waals surface area contributed by atoms with E-state index in [4.69, 9.17) is 4.74 Å². The number of ether oxygens (including phenoxy) is 1. The lowest BCUT2D eigenvalue weighted by Crippen LogP contribution is -2.46. The number of hydrogen-bond acceptors (Lipinski definition) is 3. The van der Waals surface area contributed by atoms with E-state index in [1.54, 1.807) is 0 Å². The number of hydrogen-bond donors (Lipinski definition) is 0. The topological polar surface area (TPSA) is 46.6 Å². The summed E-state index contributed by atoms with van der Waals surface area (Å²) >= 11 is 0. The first kappa shape index (κ1) is 27.9. The lowest BCUT2D eigenvalue weighted by molar-refractivity contribution is -0.147. The minimum Gasteiger partial charge on any atom is -0.465 e. The molecule has 3 rings (SSSR count). The Morgan fingerprint density at radius 1 is 0.750 bits per heavy atom. The number of carbonyl (C=O) groups is 1. The molecule has 36 heavy (non-hydrogen) atoms. The Kier molecular flexibility index (Phi) is 11.5. The third-order valence-corrected chi connectivity index (χ3v) is 9.70. The molecule has 0 unspecified atom stereocenters. The molecule has 0 radical (unpaired) electrons. The van der Waals surface area contributed by atoms with Gasteiger partial charge in [0.1, 0.15) is 6.04 Å². The van der Waals surface area contributed by atoms with Crippen LogP contribution in [-0.4, -0.2) is 29.8 Å². The standard InChI is InChI=1S/C31H40NO3P/c1-3-5-6-7-8-18-25-32(30(31(33)35-4-2)26-27-19-12-9-13-20-27)36(34,28-21-14-10-15-22-28)29-23-16-11-17-24-29/h9-17,19-24,30H,3-8,18,25-26H2,1-2H3/t30-/m0/s1. The van der Waals surface area contributed by atoms with E-state index in [1.807, 2.05) is 103 Å². The van der Waals surface area contributed by atoms with Crippen molar-refractivity contribution in [1.29, 1.82) is 0 Å². The molecule has 192 valence electrons. The summed E-state index contributed by atoms with van der Waals surface area (Å²) < 4.78 is 22.9. The van der Waals surface area contributed by atoms with Gasteiger partial charge in [0.15, 0.2) is 0 Å². The summed E-state index contributed by atoms with van der Waals surface area (Å²) in [6.07, 6.45) is 7.14. The Balaban J connectivity index is 2.07. The Labute approximate surface area is 217 Å². The number of carbonyl (C=O) groups excluding carboxylic acids is 1. The minimum absolute atomic E-state index is 0.288. The Morgan fingerprint density at radius 2 is 1.25 bits per heavy atom. The second-order valence-electron chi connectivity index (χ2n) is 9.14. The average Bonchev–Trinajstić information content (AvgIpc) is 2.93. The van der Waals surface area contributed by atoms with Gasteiger partial charge in [-0.1, -0.05) is 106 Å². The highest BCUT2D eigenvalue weighted by atomic mass is 31.2. The van der Waals surface area contributed by atoms with Crippen molar-refractivity contribution in [3.05, 3.63) is 96.6 Å². The summed E-state index contributed by atoms with van der Waals surface area (Å²) in [5, 5.41) is 1.48. The van der Waals surface area contributed by atoms with E-state index in [0.29, 0.717) is 13.0 Å². The number of nitrogens with zero attached hydrogens (tertiary/aromatic N) is 1. The zero-order valence-electron chi connectivity index (χ0n) is 21.7. The van der Waals surface area contributed by atoms with Crippen LogP contribution >= 0.6 is 7.29 Å². The molecule has 3 aromatic carbocycles. The molecule has 0 aliphatic rings. The van der Waals surface area contributed by atoms with Gasteiger partial charge < -0.3 is 4.74 Å². The molecular formula is C31H40NO3P. The molecule has 0 aliphatic carbocycles. The number of rotatable bonds is 15. The van der Waals surface area contributed by atoms with Crippen molar-refractivity contribution >= 4 is 23.9 Å². The molecule has 1 atom stereocenters. The summed E-state index contributed by atoms with van der Waals surface area (Å²) in [4.78, 5) is 13.5. The van der Waals surface area contributed by atoms with Crippen LogP contribution in [0.3, 0.4) is 0 Å². The van der Waals surface area contributed by atoms with E-state index in [0.717, 1.165) is 35.4 Å². The molecule has 0 heterocycles. The van der Waals surface area contributed by atoms with Gasteiger partial charge in [-0.15, -0.1) is 0 Å². The number of unbranched alkanes of at least 4 members (excludes halogenated alkanes) is 5.